The molecule has 1 N–H and O–H groups in total. The summed E-state index contributed by atoms with van der Waals surface area (Å²) in [6, 6.07) is 20.6. The molecular formula is C19H22O2. The van der Waals surface area contributed by atoms with Gasteiger partial charge in [-0.1, -0.05) is 74.5 Å². The molecule has 110 valence electrons. The quantitative estimate of drug-likeness (QED) is 0.929. The van der Waals surface area contributed by atoms with E-state index in [4.69, 9.17) is 4.74 Å². The molecule has 2 nitrogen and oxygen atoms in total. The summed E-state index contributed by atoms with van der Waals surface area (Å²) in [7, 11) is 0. The Bertz CT molecular complexity index is 562. The van der Waals surface area contributed by atoms with Crippen molar-refractivity contribution in [2.45, 2.75) is 38.6 Å². The van der Waals surface area contributed by atoms with Crippen LogP contribution in [0.1, 0.15) is 31.9 Å². The van der Waals surface area contributed by atoms with Gasteiger partial charge in [0.25, 0.3) is 0 Å². The van der Waals surface area contributed by atoms with Gasteiger partial charge in [-0.3, -0.25) is 0 Å². The van der Waals surface area contributed by atoms with Crippen molar-refractivity contribution in [1.82, 2.24) is 0 Å². The summed E-state index contributed by atoms with van der Waals surface area (Å²) in [4.78, 5) is 0. The van der Waals surface area contributed by atoms with E-state index in [2.05, 4.69) is 38.1 Å². The Kier molecular flexibility index (Phi) is 3.39. The molecule has 0 radical (unpaired) electrons. The molecule has 1 aliphatic heterocycles. The Morgan fingerprint density at radius 1 is 0.905 bits per heavy atom. The standard InChI is InChI=1S/C19H22O2/c1-14(20)17-18(2,3)19(21-17,15-10-6-4-7-11-15)16-12-8-5-9-13-16/h4-14,17,20H,1-3H3/t14?,17-/m0/s1. The number of aliphatic hydroxyl groups is 1. The van der Waals surface area contributed by atoms with Crippen molar-refractivity contribution in [2.75, 3.05) is 0 Å². The molecule has 21 heavy (non-hydrogen) atoms. The van der Waals surface area contributed by atoms with E-state index in [1.54, 1.807) is 6.92 Å². The van der Waals surface area contributed by atoms with Crippen molar-refractivity contribution in [3.05, 3.63) is 71.8 Å². The molecule has 1 heterocycles. The summed E-state index contributed by atoms with van der Waals surface area (Å²) in [6.07, 6.45) is -0.654. The molecule has 0 amide bonds. The maximum Gasteiger partial charge on any atom is 0.126 e. The molecule has 0 aromatic heterocycles. The van der Waals surface area contributed by atoms with Gasteiger partial charge in [0.1, 0.15) is 5.60 Å². The van der Waals surface area contributed by atoms with Gasteiger partial charge in [0.15, 0.2) is 0 Å². The number of hydrogen-bond acceptors (Lipinski definition) is 2. The minimum absolute atomic E-state index is 0.169. The molecule has 1 saturated heterocycles. The summed E-state index contributed by atoms with van der Waals surface area (Å²) >= 11 is 0. The SMILES string of the molecule is CC(O)[C@@H]1OC(c2ccccc2)(c2ccccc2)C1(C)C. The summed E-state index contributed by atoms with van der Waals surface area (Å²) in [5.74, 6) is 0. The monoisotopic (exact) mass is 282 g/mol. The lowest BCUT2D eigenvalue weighted by atomic mass is 9.58. The molecule has 1 unspecified atom stereocenters. The van der Waals surface area contributed by atoms with E-state index in [1.807, 2.05) is 36.4 Å². The summed E-state index contributed by atoms with van der Waals surface area (Å²) in [5.41, 5.74) is 1.58. The zero-order valence-corrected chi connectivity index (χ0v) is 12.8. The number of hydrogen-bond donors (Lipinski definition) is 1. The van der Waals surface area contributed by atoms with Crippen LogP contribution in [0.15, 0.2) is 60.7 Å². The highest BCUT2D eigenvalue weighted by molar-refractivity contribution is 5.42. The van der Waals surface area contributed by atoms with Gasteiger partial charge in [0.05, 0.1) is 12.2 Å². The molecule has 0 spiro atoms. The smallest absolute Gasteiger partial charge is 0.126 e. The molecule has 0 bridgehead atoms. The Hall–Kier alpha value is -1.64. The zero-order valence-electron chi connectivity index (χ0n) is 12.8. The Balaban J connectivity index is 2.16. The van der Waals surface area contributed by atoms with Crippen LogP contribution in [0.4, 0.5) is 0 Å². The van der Waals surface area contributed by atoms with Gasteiger partial charge in [-0.2, -0.15) is 0 Å². The third kappa shape index (κ3) is 1.94. The fourth-order valence-electron chi connectivity index (χ4n) is 3.73. The molecular weight excluding hydrogens is 260 g/mol. The van der Waals surface area contributed by atoms with E-state index in [9.17, 15) is 5.11 Å². The maximum absolute atomic E-state index is 10.0. The van der Waals surface area contributed by atoms with Crippen LogP contribution in [0.2, 0.25) is 0 Å². The minimum atomic E-state index is -0.503. The van der Waals surface area contributed by atoms with Crippen LogP contribution in [0.3, 0.4) is 0 Å². The molecule has 2 aromatic rings. The van der Waals surface area contributed by atoms with Gasteiger partial charge >= 0.3 is 0 Å². The second kappa shape index (κ2) is 4.97. The lowest BCUT2D eigenvalue weighted by Gasteiger charge is -2.62. The van der Waals surface area contributed by atoms with Crippen molar-refractivity contribution in [3.8, 4) is 0 Å². The molecule has 0 aliphatic carbocycles. The molecule has 0 saturated carbocycles. The highest BCUT2D eigenvalue weighted by atomic mass is 16.6. The zero-order chi connectivity index (χ0) is 15.1. The van der Waals surface area contributed by atoms with Gasteiger partial charge in [0.2, 0.25) is 0 Å². The number of rotatable bonds is 3. The van der Waals surface area contributed by atoms with Crippen molar-refractivity contribution in [1.29, 1.82) is 0 Å². The molecule has 3 rings (SSSR count). The van der Waals surface area contributed by atoms with Crippen LogP contribution in [-0.2, 0) is 10.3 Å². The maximum atomic E-state index is 10.0. The Morgan fingerprint density at radius 2 is 1.33 bits per heavy atom. The van der Waals surface area contributed by atoms with Gasteiger partial charge in [-0.05, 0) is 18.1 Å². The lowest BCUT2D eigenvalue weighted by molar-refractivity contribution is -0.317. The first-order valence-electron chi connectivity index (χ1n) is 7.47. The Labute approximate surface area is 126 Å². The average Bonchev–Trinajstić information content (AvgIpc) is 2.48. The summed E-state index contributed by atoms with van der Waals surface area (Å²) in [5, 5.41) is 10.0. The second-order valence-corrected chi connectivity index (χ2v) is 6.41. The molecule has 2 heteroatoms. The largest absolute Gasteiger partial charge is 0.391 e. The fraction of sp³-hybridized carbons (Fsp3) is 0.368. The van der Waals surface area contributed by atoms with Crippen LogP contribution in [-0.4, -0.2) is 17.3 Å². The van der Waals surface area contributed by atoms with Crippen molar-refractivity contribution in [2.24, 2.45) is 5.41 Å². The van der Waals surface area contributed by atoms with Crippen LogP contribution in [0, 0.1) is 5.41 Å². The van der Waals surface area contributed by atoms with Gasteiger partial charge in [-0.25, -0.2) is 0 Å². The van der Waals surface area contributed by atoms with E-state index in [0.29, 0.717) is 0 Å². The number of benzene rings is 2. The van der Waals surface area contributed by atoms with E-state index >= 15 is 0 Å². The van der Waals surface area contributed by atoms with Gasteiger partial charge in [0, 0.05) is 5.41 Å². The lowest BCUT2D eigenvalue weighted by Crippen LogP contribution is -2.67. The fourth-order valence-corrected chi connectivity index (χ4v) is 3.73. The van der Waals surface area contributed by atoms with Gasteiger partial charge in [-0.15, -0.1) is 0 Å². The van der Waals surface area contributed by atoms with Crippen molar-refractivity contribution in [3.63, 3.8) is 0 Å². The highest BCUT2D eigenvalue weighted by Crippen LogP contribution is 2.60. The summed E-state index contributed by atoms with van der Waals surface area (Å²) < 4.78 is 6.33. The van der Waals surface area contributed by atoms with Crippen molar-refractivity contribution >= 4 is 0 Å². The van der Waals surface area contributed by atoms with E-state index in [0.717, 1.165) is 11.1 Å². The molecule has 2 atom stereocenters. The Morgan fingerprint density at radius 3 is 1.67 bits per heavy atom. The number of aliphatic hydroxyl groups excluding tert-OH is 1. The molecule has 1 fully saturated rings. The van der Waals surface area contributed by atoms with E-state index < -0.39 is 11.7 Å². The summed E-state index contributed by atoms with van der Waals surface area (Å²) in [6.45, 7) is 6.15. The third-order valence-electron chi connectivity index (χ3n) is 4.72. The molecule has 1 aliphatic rings. The first-order chi connectivity index (χ1) is 10.00. The predicted octanol–water partition coefficient (Wildman–Crippen LogP) is 3.74. The highest BCUT2D eigenvalue weighted by Gasteiger charge is 2.64. The third-order valence-corrected chi connectivity index (χ3v) is 4.72. The first-order valence-corrected chi connectivity index (χ1v) is 7.47. The van der Waals surface area contributed by atoms with E-state index in [-0.39, 0.29) is 11.5 Å². The van der Waals surface area contributed by atoms with Crippen LogP contribution < -0.4 is 0 Å². The predicted molar refractivity (Wildman–Crippen MR) is 84.0 cm³/mol. The van der Waals surface area contributed by atoms with Crippen LogP contribution in [0.25, 0.3) is 0 Å². The van der Waals surface area contributed by atoms with Gasteiger partial charge < -0.3 is 9.84 Å². The van der Waals surface area contributed by atoms with Crippen LogP contribution in [0.5, 0.6) is 0 Å². The topological polar surface area (TPSA) is 29.5 Å². The minimum Gasteiger partial charge on any atom is -0.391 e. The van der Waals surface area contributed by atoms with Crippen LogP contribution >= 0.6 is 0 Å². The second-order valence-electron chi connectivity index (χ2n) is 6.41. The number of ether oxygens (including phenoxy) is 1. The first kappa shape index (κ1) is 14.3. The average molecular weight is 282 g/mol. The molecule has 2 aromatic carbocycles. The van der Waals surface area contributed by atoms with E-state index in [1.165, 1.54) is 0 Å². The van der Waals surface area contributed by atoms with Crippen molar-refractivity contribution < 1.29 is 9.84 Å². The normalized spacial score (nSPS) is 24.1.